The molecular weight excluding hydrogens is 431 g/mol. The third-order valence-electron chi connectivity index (χ3n) is 5.00. The van der Waals surface area contributed by atoms with Crippen LogP contribution in [0.1, 0.15) is 19.4 Å². The van der Waals surface area contributed by atoms with Crippen molar-refractivity contribution in [2.24, 2.45) is 5.73 Å². The molecule has 2 aromatic heterocycles. The van der Waals surface area contributed by atoms with Crippen molar-refractivity contribution in [2.75, 3.05) is 0 Å². The molecule has 2 aromatic carbocycles. The number of benzene rings is 2. The predicted octanol–water partition coefficient (Wildman–Crippen LogP) is 4.05. The molecule has 0 saturated heterocycles. The summed E-state index contributed by atoms with van der Waals surface area (Å²) >= 11 is 0. The third-order valence-corrected chi connectivity index (χ3v) is 7.17. The largest absolute Gasteiger partial charge is 0.354 e. The van der Waals surface area contributed by atoms with Gasteiger partial charge < -0.3 is 10.3 Å². The zero-order chi connectivity index (χ0) is 22.9. The number of hydrogen-bond acceptors (Lipinski definition) is 7. The van der Waals surface area contributed by atoms with E-state index in [0.29, 0.717) is 39.5 Å². The Hall–Kier alpha value is -3.43. The van der Waals surface area contributed by atoms with Crippen molar-refractivity contribution in [1.82, 2.24) is 15.1 Å². The average Bonchev–Trinajstić information content (AvgIpc) is 3.29. The Morgan fingerprint density at radius 1 is 1.06 bits per heavy atom. The van der Waals surface area contributed by atoms with Gasteiger partial charge in [0.25, 0.3) is 0 Å². The minimum absolute atomic E-state index is 0.109. The molecule has 2 heterocycles. The number of halogens is 1. The van der Waals surface area contributed by atoms with Crippen molar-refractivity contribution in [3.05, 3.63) is 72.3 Å². The highest BCUT2D eigenvalue weighted by atomic mass is 32.2. The highest BCUT2D eigenvalue weighted by Crippen LogP contribution is 2.28. The van der Waals surface area contributed by atoms with Gasteiger partial charge in [0, 0.05) is 29.3 Å². The Kier molecular flexibility index (Phi) is 5.86. The molecule has 0 fully saturated rings. The zero-order valence-corrected chi connectivity index (χ0v) is 18.2. The molecule has 0 bridgehead atoms. The SMILES string of the molecule is CC(C)S(=O)(=O)c1ccc(-c2cn[c]c(-c3cc(-c4ccc(CN)c(F)c4)no3)n2)cc1. The summed E-state index contributed by atoms with van der Waals surface area (Å²) in [5.41, 5.74) is 8.42. The molecule has 0 unspecified atom stereocenters. The molecule has 0 saturated carbocycles. The minimum Gasteiger partial charge on any atom is -0.354 e. The molecule has 0 atom stereocenters. The van der Waals surface area contributed by atoms with Crippen LogP contribution in [0.4, 0.5) is 4.39 Å². The Morgan fingerprint density at radius 3 is 2.44 bits per heavy atom. The summed E-state index contributed by atoms with van der Waals surface area (Å²) in [5, 5.41) is 3.48. The molecule has 4 aromatic rings. The maximum Gasteiger partial charge on any atom is 0.188 e. The van der Waals surface area contributed by atoms with Crippen LogP contribution in [0.15, 0.2) is 64.1 Å². The van der Waals surface area contributed by atoms with Crippen molar-refractivity contribution in [2.45, 2.75) is 30.5 Å². The van der Waals surface area contributed by atoms with Crippen LogP contribution in [0.25, 0.3) is 34.0 Å². The number of nitrogens with zero attached hydrogens (tertiary/aromatic N) is 3. The van der Waals surface area contributed by atoms with Crippen LogP contribution in [0.3, 0.4) is 0 Å². The van der Waals surface area contributed by atoms with Crippen molar-refractivity contribution < 1.29 is 17.3 Å². The van der Waals surface area contributed by atoms with E-state index in [1.54, 1.807) is 56.3 Å². The van der Waals surface area contributed by atoms with Gasteiger partial charge in [0.1, 0.15) is 23.4 Å². The Bertz CT molecular complexity index is 1370. The number of rotatable bonds is 6. The van der Waals surface area contributed by atoms with Crippen molar-refractivity contribution >= 4 is 9.84 Å². The van der Waals surface area contributed by atoms with Crippen molar-refractivity contribution in [3.8, 4) is 34.0 Å². The lowest BCUT2D eigenvalue weighted by Crippen LogP contribution is -2.13. The van der Waals surface area contributed by atoms with E-state index < -0.39 is 20.9 Å². The molecule has 0 aliphatic rings. The molecule has 0 aliphatic carbocycles. The first-order valence-electron chi connectivity index (χ1n) is 9.84. The summed E-state index contributed by atoms with van der Waals surface area (Å²) in [6.07, 6.45) is 4.28. The lowest BCUT2D eigenvalue weighted by Gasteiger charge is -2.08. The van der Waals surface area contributed by atoms with Gasteiger partial charge >= 0.3 is 0 Å². The number of nitrogens with two attached hydrogens (primary N) is 1. The molecule has 4 rings (SSSR count). The van der Waals surface area contributed by atoms with Crippen LogP contribution < -0.4 is 5.73 Å². The van der Waals surface area contributed by atoms with E-state index in [9.17, 15) is 12.8 Å². The van der Waals surface area contributed by atoms with Gasteiger partial charge in [-0.05, 0) is 32.0 Å². The standard InChI is InChI=1S/C23H20FN4O3S/c1-14(2)32(29,30)18-7-5-15(6-8-18)21-12-26-13-22(27-21)23-10-20(28-31-23)16-3-4-17(11-25)19(24)9-16/h3-10,12,14H,11,25H2,1-2H3. The van der Waals surface area contributed by atoms with Crippen LogP contribution >= 0.6 is 0 Å². The maximum atomic E-state index is 14.0. The van der Waals surface area contributed by atoms with Crippen LogP contribution in [0.2, 0.25) is 0 Å². The van der Waals surface area contributed by atoms with Gasteiger partial charge in [-0.25, -0.2) is 22.8 Å². The molecule has 163 valence electrons. The van der Waals surface area contributed by atoms with Crippen LogP contribution in [-0.4, -0.2) is 28.8 Å². The number of hydrogen-bond donors (Lipinski definition) is 1. The molecule has 2 N–H and O–H groups in total. The second kappa shape index (κ2) is 8.60. The summed E-state index contributed by atoms with van der Waals surface area (Å²) in [5.74, 6) is -0.0949. The van der Waals surface area contributed by atoms with E-state index in [0.717, 1.165) is 0 Å². The lowest BCUT2D eigenvalue weighted by molar-refractivity contribution is 0.433. The fraction of sp³-hybridized carbons (Fsp3) is 0.174. The van der Waals surface area contributed by atoms with Crippen molar-refractivity contribution in [3.63, 3.8) is 0 Å². The van der Waals surface area contributed by atoms with Gasteiger partial charge in [0.05, 0.1) is 22.0 Å². The number of sulfone groups is 1. The van der Waals surface area contributed by atoms with Crippen LogP contribution in [0, 0.1) is 12.0 Å². The molecule has 7 nitrogen and oxygen atoms in total. The van der Waals surface area contributed by atoms with Crippen LogP contribution in [0.5, 0.6) is 0 Å². The molecule has 32 heavy (non-hydrogen) atoms. The summed E-state index contributed by atoms with van der Waals surface area (Å²) in [4.78, 5) is 8.84. The highest BCUT2D eigenvalue weighted by molar-refractivity contribution is 7.92. The Labute approximate surface area is 185 Å². The first-order valence-corrected chi connectivity index (χ1v) is 11.4. The maximum absolute atomic E-state index is 14.0. The normalized spacial score (nSPS) is 11.8. The summed E-state index contributed by atoms with van der Waals surface area (Å²) < 4.78 is 44.0. The minimum atomic E-state index is -3.36. The van der Waals surface area contributed by atoms with Gasteiger partial charge in [-0.1, -0.05) is 29.4 Å². The second-order valence-electron chi connectivity index (χ2n) is 7.42. The fourth-order valence-electron chi connectivity index (χ4n) is 3.06. The summed E-state index contributed by atoms with van der Waals surface area (Å²) in [6.45, 7) is 3.39. The van der Waals surface area contributed by atoms with E-state index >= 15 is 0 Å². The predicted molar refractivity (Wildman–Crippen MR) is 117 cm³/mol. The van der Waals surface area contributed by atoms with Gasteiger partial charge in [0.2, 0.25) is 0 Å². The van der Waals surface area contributed by atoms with E-state index in [-0.39, 0.29) is 11.4 Å². The first-order chi connectivity index (χ1) is 15.3. The molecule has 0 amide bonds. The molecule has 1 radical (unpaired) electrons. The number of aromatic nitrogens is 3. The molecule has 0 spiro atoms. The van der Waals surface area contributed by atoms with Gasteiger partial charge in [-0.15, -0.1) is 0 Å². The topological polar surface area (TPSA) is 112 Å². The molecular formula is C23H20FN4O3S. The summed E-state index contributed by atoms with van der Waals surface area (Å²) in [6, 6.07) is 12.7. The average molecular weight is 452 g/mol. The van der Waals surface area contributed by atoms with Gasteiger partial charge in [0.15, 0.2) is 15.6 Å². The summed E-state index contributed by atoms with van der Waals surface area (Å²) in [7, 11) is -3.36. The van der Waals surface area contributed by atoms with E-state index in [4.69, 9.17) is 10.3 Å². The molecule has 0 aliphatic heterocycles. The quantitative estimate of drug-likeness (QED) is 0.471. The third kappa shape index (κ3) is 4.17. The molecule has 9 heteroatoms. The smallest absolute Gasteiger partial charge is 0.188 e. The van der Waals surface area contributed by atoms with E-state index in [2.05, 4.69) is 21.3 Å². The van der Waals surface area contributed by atoms with Gasteiger partial charge in [-0.3, -0.25) is 0 Å². The Balaban J connectivity index is 1.62. The Morgan fingerprint density at radius 2 is 1.78 bits per heavy atom. The van der Waals surface area contributed by atoms with Crippen molar-refractivity contribution in [1.29, 1.82) is 0 Å². The first kappa shape index (κ1) is 21.8. The van der Waals surface area contributed by atoms with Crippen LogP contribution in [-0.2, 0) is 16.4 Å². The van der Waals surface area contributed by atoms with Gasteiger partial charge in [-0.2, -0.15) is 0 Å². The second-order valence-corrected chi connectivity index (χ2v) is 9.92. The van der Waals surface area contributed by atoms with E-state index in [1.165, 1.54) is 12.3 Å². The highest BCUT2D eigenvalue weighted by Gasteiger charge is 2.19. The fourth-order valence-corrected chi connectivity index (χ4v) is 4.12. The van der Waals surface area contributed by atoms with E-state index in [1.807, 2.05) is 0 Å². The zero-order valence-electron chi connectivity index (χ0n) is 17.4. The monoisotopic (exact) mass is 451 g/mol. The lowest BCUT2D eigenvalue weighted by atomic mass is 10.1.